The van der Waals surface area contributed by atoms with E-state index < -0.39 is 6.10 Å². The molecule has 0 aliphatic carbocycles. The fraction of sp³-hybridized carbons (Fsp3) is 0.375. The monoisotopic (exact) mass is 275 g/mol. The summed E-state index contributed by atoms with van der Waals surface area (Å²) in [4.78, 5) is 0. The summed E-state index contributed by atoms with van der Waals surface area (Å²) < 4.78 is 10.8. The van der Waals surface area contributed by atoms with Crippen LogP contribution in [-0.4, -0.2) is 25.4 Å². The molecule has 4 nitrogen and oxygen atoms in total. The smallest absolute Gasteiger partial charge is 0.134 e. The number of furan rings is 1. The lowest BCUT2D eigenvalue weighted by molar-refractivity contribution is 0.198. The first-order valence-electron chi connectivity index (χ1n) is 6.77. The van der Waals surface area contributed by atoms with Crippen LogP contribution in [-0.2, 0) is 11.3 Å². The molecular weight excluding hydrogens is 254 g/mol. The van der Waals surface area contributed by atoms with E-state index in [2.05, 4.69) is 5.32 Å². The largest absolute Gasteiger partial charge is 0.460 e. The Kier molecular flexibility index (Phi) is 5.35. The molecule has 0 saturated heterocycles. The van der Waals surface area contributed by atoms with Gasteiger partial charge < -0.3 is 19.6 Å². The zero-order valence-corrected chi connectivity index (χ0v) is 11.9. The quantitative estimate of drug-likeness (QED) is 0.763. The van der Waals surface area contributed by atoms with Crippen molar-refractivity contribution in [1.29, 1.82) is 0 Å². The van der Waals surface area contributed by atoms with Crippen molar-refractivity contribution < 1.29 is 14.3 Å². The van der Waals surface area contributed by atoms with Crippen LogP contribution in [0.5, 0.6) is 0 Å². The average molecular weight is 275 g/mol. The van der Waals surface area contributed by atoms with Gasteiger partial charge in [-0.3, -0.25) is 0 Å². The highest BCUT2D eigenvalue weighted by molar-refractivity contribution is 5.58. The highest BCUT2D eigenvalue weighted by Crippen LogP contribution is 2.24. The molecule has 20 heavy (non-hydrogen) atoms. The average Bonchev–Trinajstić information content (AvgIpc) is 2.92. The number of aliphatic hydroxyl groups is 1. The molecule has 1 atom stereocenters. The van der Waals surface area contributed by atoms with Crippen molar-refractivity contribution in [3.8, 4) is 11.3 Å². The molecule has 2 N–H and O–H groups in total. The number of benzene rings is 1. The molecule has 0 amide bonds. The van der Waals surface area contributed by atoms with Gasteiger partial charge in [-0.15, -0.1) is 0 Å². The van der Waals surface area contributed by atoms with E-state index in [0.29, 0.717) is 13.2 Å². The van der Waals surface area contributed by atoms with Crippen molar-refractivity contribution in [2.75, 3.05) is 20.3 Å². The van der Waals surface area contributed by atoms with Crippen LogP contribution in [0.3, 0.4) is 0 Å². The lowest BCUT2D eigenvalue weighted by Crippen LogP contribution is -2.18. The molecule has 0 radical (unpaired) electrons. The van der Waals surface area contributed by atoms with Gasteiger partial charge in [-0.25, -0.2) is 0 Å². The van der Waals surface area contributed by atoms with E-state index in [1.54, 1.807) is 14.0 Å². The molecule has 0 spiro atoms. The zero-order chi connectivity index (χ0) is 14.4. The second kappa shape index (κ2) is 7.24. The molecule has 108 valence electrons. The van der Waals surface area contributed by atoms with Crippen LogP contribution in [0.25, 0.3) is 11.3 Å². The second-order valence-corrected chi connectivity index (χ2v) is 4.73. The highest BCUT2D eigenvalue weighted by Gasteiger charge is 2.06. The van der Waals surface area contributed by atoms with Crippen molar-refractivity contribution in [3.63, 3.8) is 0 Å². The van der Waals surface area contributed by atoms with Crippen LogP contribution in [0, 0.1) is 0 Å². The predicted molar refractivity (Wildman–Crippen MR) is 78.4 cm³/mol. The van der Waals surface area contributed by atoms with Gasteiger partial charge in [0.25, 0.3) is 0 Å². The van der Waals surface area contributed by atoms with Gasteiger partial charge in [-0.05, 0) is 24.6 Å². The molecule has 2 rings (SSSR count). The Balaban J connectivity index is 1.97. The van der Waals surface area contributed by atoms with Gasteiger partial charge in [0.2, 0.25) is 0 Å². The third-order valence-electron chi connectivity index (χ3n) is 3.12. The summed E-state index contributed by atoms with van der Waals surface area (Å²) in [6.45, 7) is 3.94. The maximum absolute atomic E-state index is 9.49. The van der Waals surface area contributed by atoms with Crippen LogP contribution in [0.15, 0.2) is 40.8 Å². The minimum Gasteiger partial charge on any atom is -0.460 e. The molecule has 1 aromatic heterocycles. The number of hydrogen-bond donors (Lipinski definition) is 2. The van der Waals surface area contributed by atoms with Crippen molar-refractivity contribution in [3.05, 3.63) is 47.7 Å². The standard InChI is InChI=1S/C16H21NO3/c1-12(18)13-3-5-14(6-4-13)16-8-7-15(20-16)11-17-9-10-19-2/h3-8,12,17-18H,9-11H2,1-2H3/t12-/m1/s1. The van der Waals surface area contributed by atoms with Crippen LogP contribution in [0.4, 0.5) is 0 Å². The summed E-state index contributed by atoms with van der Waals surface area (Å²) in [5.41, 5.74) is 1.92. The number of hydrogen-bond acceptors (Lipinski definition) is 4. The molecule has 0 bridgehead atoms. The molecule has 1 aromatic carbocycles. The first-order valence-corrected chi connectivity index (χ1v) is 6.77. The van der Waals surface area contributed by atoms with Gasteiger partial charge in [-0.2, -0.15) is 0 Å². The Morgan fingerprint density at radius 2 is 1.95 bits per heavy atom. The first-order chi connectivity index (χ1) is 9.70. The highest BCUT2D eigenvalue weighted by atomic mass is 16.5. The van der Waals surface area contributed by atoms with Gasteiger partial charge in [0, 0.05) is 19.2 Å². The summed E-state index contributed by atoms with van der Waals surface area (Å²) in [6.07, 6.45) is -0.443. The van der Waals surface area contributed by atoms with E-state index in [1.165, 1.54) is 0 Å². The lowest BCUT2D eigenvalue weighted by Gasteiger charge is -2.05. The summed E-state index contributed by atoms with van der Waals surface area (Å²) in [5, 5.41) is 12.7. The molecule has 0 aliphatic rings. The second-order valence-electron chi connectivity index (χ2n) is 4.73. The molecule has 4 heteroatoms. The maximum atomic E-state index is 9.49. The predicted octanol–water partition coefficient (Wildman–Crippen LogP) is 2.74. The summed E-state index contributed by atoms with van der Waals surface area (Å²) in [7, 11) is 1.68. The molecule has 0 fully saturated rings. The van der Waals surface area contributed by atoms with Gasteiger partial charge >= 0.3 is 0 Å². The number of methoxy groups -OCH3 is 1. The van der Waals surface area contributed by atoms with Crippen LogP contribution in [0.1, 0.15) is 24.4 Å². The normalized spacial score (nSPS) is 12.6. The van der Waals surface area contributed by atoms with Crippen LogP contribution >= 0.6 is 0 Å². The first kappa shape index (κ1) is 14.8. The van der Waals surface area contributed by atoms with E-state index in [0.717, 1.165) is 29.2 Å². The summed E-state index contributed by atoms with van der Waals surface area (Å²) in [6, 6.07) is 11.7. The van der Waals surface area contributed by atoms with Gasteiger partial charge in [0.1, 0.15) is 11.5 Å². The van der Waals surface area contributed by atoms with Crippen molar-refractivity contribution in [2.45, 2.75) is 19.6 Å². The summed E-state index contributed by atoms with van der Waals surface area (Å²) in [5.74, 6) is 1.74. The lowest BCUT2D eigenvalue weighted by atomic mass is 10.1. The third kappa shape index (κ3) is 3.93. The molecule has 1 heterocycles. The maximum Gasteiger partial charge on any atom is 0.134 e. The van der Waals surface area contributed by atoms with Gasteiger partial charge in [0.05, 0.1) is 19.3 Å². The Labute approximate surface area is 119 Å². The number of nitrogens with one attached hydrogen (secondary N) is 1. The Hall–Kier alpha value is -1.62. The van der Waals surface area contributed by atoms with E-state index in [-0.39, 0.29) is 0 Å². The van der Waals surface area contributed by atoms with Crippen molar-refractivity contribution >= 4 is 0 Å². The summed E-state index contributed by atoms with van der Waals surface area (Å²) >= 11 is 0. The van der Waals surface area contributed by atoms with Crippen LogP contribution < -0.4 is 5.32 Å². The SMILES string of the molecule is COCCNCc1ccc(-c2ccc([C@@H](C)O)cc2)o1. The van der Waals surface area contributed by atoms with E-state index in [1.807, 2.05) is 36.4 Å². The minimum absolute atomic E-state index is 0.443. The Bertz CT molecular complexity index is 517. The van der Waals surface area contributed by atoms with Crippen molar-refractivity contribution in [2.24, 2.45) is 0 Å². The molecule has 0 aliphatic heterocycles. The third-order valence-corrected chi connectivity index (χ3v) is 3.12. The number of rotatable bonds is 7. The van der Waals surface area contributed by atoms with Gasteiger partial charge in [0.15, 0.2) is 0 Å². The van der Waals surface area contributed by atoms with E-state index in [9.17, 15) is 5.11 Å². The topological polar surface area (TPSA) is 54.6 Å². The fourth-order valence-electron chi connectivity index (χ4n) is 1.94. The van der Waals surface area contributed by atoms with E-state index in [4.69, 9.17) is 9.15 Å². The zero-order valence-electron chi connectivity index (χ0n) is 11.9. The fourth-order valence-corrected chi connectivity index (χ4v) is 1.94. The molecular formula is C16H21NO3. The molecule has 0 saturated carbocycles. The number of aliphatic hydroxyl groups excluding tert-OH is 1. The number of ether oxygens (including phenoxy) is 1. The van der Waals surface area contributed by atoms with E-state index >= 15 is 0 Å². The van der Waals surface area contributed by atoms with Crippen molar-refractivity contribution in [1.82, 2.24) is 5.32 Å². The molecule has 2 aromatic rings. The van der Waals surface area contributed by atoms with Gasteiger partial charge in [-0.1, -0.05) is 24.3 Å². The van der Waals surface area contributed by atoms with Crippen LogP contribution in [0.2, 0.25) is 0 Å². The Morgan fingerprint density at radius 1 is 1.20 bits per heavy atom. The molecule has 0 unspecified atom stereocenters. The Morgan fingerprint density at radius 3 is 2.60 bits per heavy atom. The minimum atomic E-state index is -0.443.